The number of anilines is 2. The Labute approximate surface area is 120 Å². The van der Waals surface area contributed by atoms with Crippen molar-refractivity contribution >= 4 is 23.4 Å². The average molecular weight is 288 g/mol. The summed E-state index contributed by atoms with van der Waals surface area (Å²) in [7, 11) is 1.53. The molecule has 0 aliphatic heterocycles. The molecule has 0 spiro atoms. The quantitative estimate of drug-likeness (QED) is 0.911. The van der Waals surface area contributed by atoms with Crippen LogP contribution in [0, 0.1) is 5.82 Å². The van der Waals surface area contributed by atoms with Crippen LogP contribution in [0.4, 0.5) is 20.6 Å². The molecule has 2 aromatic rings. The SMILES string of the molecule is CN(C(=O)Nc1cccc(F)c1C(=O)O)c1ccccc1. The van der Waals surface area contributed by atoms with Crippen molar-refractivity contribution in [2.45, 2.75) is 0 Å². The van der Waals surface area contributed by atoms with Crippen LogP contribution in [0.1, 0.15) is 10.4 Å². The second-order valence-electron chi connectivity index (χ2n) is 4.29. The van der Waals surface area contributed by atoms with Crippen molar-refractivity contribution in [2.24, 2.45) is 0 Å². The van der Waals surface area contributed by atoms with E-state index in [-0.39, 0.29) is 5.69 Å². The summed E-state index contributed by atoms with van der Waals surface area (Å²) in [6.07, 6.45) is 0. The number of para-hydroxylation sites is 1. The number of carbonyl (C=O) groups is 2. The Morgan fingerprint density at radius 1 is 1.10 bits per heavy atom. The van der Waals surface area contributed by atoms with Gasteiger partial charge in [-0.1, -0.05) is 24.3 Å². The van der Waals surface area contributed by atoms with Gasteiger partial charge in [-0.05, 0) is 24.3 Å². The van der Waals surface area contributed by atoms with Gasteiger partial charge in [-0.15, -0.1) is 0 Å². The van der Waals surface area contributed by atoms with E-state index in [2.05, 4.69) is 5.32 Å². The maximum atomic E-state index is 13.5. The van der Waals surface area contributed by atoms with Gasteiger partial charge in [0.15, 0.2) is 0 Å². The molecule has 21 heavy (non-hydrogen) atoms. The van der Waals surface area contributed by atoms with Crippen LogP contribution in [0.3, 0.4) is 0 Å². The van der Waals surface area contributed by atoms with Crippen molar-refractivity contribution in [3.63, 3.8) is 0 Å². The van der Waals surface area contributed by atoms with Gasteiger partial charge in [-0.25, -0.2) is 14.0 Å². The van der Waals surface area contributed by atoms with E-state index in [1.54, 1.807) is 24.3 Å². The number of aromatic carboxylic acids is 1. The first-order chi connectivity index (χ1) is 10.0. The summed E-state index contributed by atoms with van der Waals surface area (Å²) < 4.78 is 13.5. The fourth-order valence-electron chi connectivity index (χ4n) is 1.81. The number of nitrogens with one attached hydrogen (secondary N) is 1. The molecule has 2 rings (SSSR count). The summed E-state index contributed by atoms with van der Waals surface area (Å²) in [6.45, 7) is 0. The number of halogens is 1. The minimum atomic E-state index is -1.44. The van der Waals surface area contributed by atoms with E-state index < -0.39 is 23.4 Å². The number of urea groups is 1. The molecule has 0 atom stereocenters. The largest absolute Gasteiger partial charge is 0.478 e. The van der Waals surface area contributed by atoms with Gasteiger partial charge >= 0.3 is 12.0 Å². The van der Waals surface area contributed by atoms with Crippen molar-refractivity contribution in [3.8, 4) is 0 Å². The minimum absolute atomic E-state index is 0.0877. The zero-order valence-electron chi connectivity index (χ0n) is 11.2. The zero-order chi connectivity index (χ0) is 15.4. The molecule has 2 N–H and O–H groups in total. The second kappa shape index (κ2) is 6.04. The Kier molecular flexibility index (Phi) is 4.18. The third-order valence-electron chi connectivity index (χ3n) is 2.92. The molecular weight excluding hydrogens is 275 g/mol. The van der Waals surface area contributed by atoms with E-state index in [1.807, 2.05) is 6.07 Å². The molecular formula is C15H13FN2O3. The number of carbonyl (C=O) groups excluding carboxylic acids is 1. The molecule has 0 aliphatic carbocycles. The number of carboxylic acid groups (broad SMARTS) is 1. The number of hydrogen-bond acceptors (Lipinski definition) is 2. The predicted molar refractivity (Wildman–Crippen MR) is 77.2 cm³/mol. The monoisotopic (exact) mass is 288 g/mol. The molecule has 0 saturated carbocycles. The highest BCUT2D eigenvalue weighted by atomic mass is 19.1. The fraction of sp³-hybridized carbons (Fsp3) is 0.0667. The number of amides is 2. The lowest BCUT2D eigenvalue weighted by Gasteiger charge is -2.18. The van der Waals surface area contributed by atoms with Crippen LogP contribution >= 0.6 is 0 Å². The summed E-state index contributed by atoms with van der Waals surface area (Å²) in [6, 6.07) is 11.9. The number of benzene rings is 2. The molecule has 2 aromatic carbocycles. The first kappa shape index (κ1) is 14.5. The minimum Gasteiger partial charge on any atom is -0.478 e. The van der Waals surface area contributed by atoms with Crippen molar-refractivity contribution in [1.82, 2.24) is 0 Å². The average Bonchev–Trinajstić information content (AvgIpc) is 2.47. The van der Waals surface area contributed by atoms with E-state index in [0.29, 0.717) is 5.69 Å². The predicted octanol–water partition coefficient (Wildman–Crippen LogP) is 3.19. The molecule has 0 aliphatic rings. The number of carboxylic acids is 1. The molecule has 0 bridgehead atoms. The van der Waals surface area contributed by atoms with Crippen LogP contribution in [-0.4, -0.2) is 24.2 Å². The van der Waals surface area contributed by atoms with Crippen LogP contribution in [0.15, 0.2) is 48.5 Å². The van der Waals surface area contributed by atoms with Gasteiger partial charge in [0, 0.05) is 12.7 Å². The number of hydrogen-bond donors (Lipinski definition) is 2. The van der Waals surface area contributed by atoms with E-state index in [4.69, 9.17) is 5.11 Å². The molecule has 0 fully saturated rings. The Hall–Kier alpha value is -2.89. The van der Waals surface area contributed by atoms with Gasteiger partial charge in [0.1, 0.15) is 11.4 Å². The summed E-state index contributed by atoms with van der Waals surface area (Å²) in [4.78, 5) is 24.5. The van der Waals surface area contributed by atoms with E-state index in [0.717, 1.165) is 6.07 Å². The Bertz CT molecular complexity index is 674. The Balaban J connectivity index is 2.25. The van der Waals surface area contributed by atoms with Crippen molar-refractivity contribution in [2.75, 3.05) is 17.3 Å². The molecule has 0 aromatic heterocycles. The molecule has 0 radical (unpaired) electrons. The lowest BCUT2D eigenvalue weighted by molar-refractivity contribution is 0.0693. The topological polar surface area (TPSA) is 69.6 Å². The van der Waals surface area contributed by atoms with E-state index in [1.165, 1.54) is 24.1 Å². The third kappa shape index (κ3) is 3.17. The molecule has 5 nitrogen and oxygen atoms in total. The van der Waals surface area contributed by atoms with E-state index >= 15 is 0 Å². The van der Waals surface area contributed by atoms with Gasteiger partial charge in [-0.3, -0.25) is 4.90 Å². The molecule has 2 amide bonds. The normalized spacial score (nSPS) is 10.0. The first-order valence-electron chi connectivity index (χ1n) is 6.12. The summed E-state index contributed by atoms with van der Waals surface area (Å²) in [5.74, 6) is -2.34. The van der Waals surface area contributed by atoms with Crippen LogP contribution in [-0.2, 0) is 0 Å². The maximum Gasteiger partial charge on any atom is 0.340 e. The Morgan fingerprint density at radius 2 is 1.76 bits per heavy atom. The molecule has 0 unspecified atom stereocenters. The Morgan fingerprint density at radius 3 is 2.38 bits per heavy atom. The third-order valence-corrected chi connectivity index (χ3v) is 2.92. The van der Waals surface area contributed by atoms with E-state index in [9.17, 15) is 14.0 Å². The van der Waals surface area contributed by atoms with Crippen LogP contribution in [0.25, 0.3) is 0 Å². The number of nitrogens with zero attached hydrogens (tertiary/aromatic N) is 1. The van der Waals surface area contributed by atoms with Crippen LogP contribution in [0.5, 0.6) is 0 Å². The fourth-order valence-corrected chi connectivity index (χ4v) is 1.81. The highest BCUT2D eigenvalue weighted by molar-refractivity contribution is 6.05. The summed E-state index contributed by atoms with van der Waals surface area (Å²) in [5, 5.41) is 11.4. The molecule has 6 heteroatoms. The van der Waals surface area contributed by atoms with Gasteiger partial charge in [0.2, 0.25) is 0 Å². The number of rotatable bonds is 3. The van der Waals surface area contributed by atoms with Crippen LogP contribution < -0.4 is 10.2 Å². The summed E-state index contributed by atoms with van der Waals surface area (Å²) in [5.41, 5.74) is -0.0223. The smallest absolute Gasteiger partial charge is 0.340 e. The highest BCUT2D eigenvalue weighted by Gasteiger charge is 2.19. The highest BCUT2D eigenvalue weighted by Crippen LogP contribution is 2.20. The second-order valence-corrected chi connectivity index (χ2v) is 4.29. The van der Waals surface area contributed by atoms with Crippen molar-refractivity contribution < 1.29 is 19.1 Å². The van der Waals surface area contributed by atoms with Gasteiger partial charge in [0.25, 0.3) is 0 Å². The lowest BCUT2D eigenvalue weighted by atomic mass is 10.1. The molecule has 108 valence electrons. The zero-order valence-corrected chi connectivity index (χ0v) is 11.2. The molecule has 0 heterocycles. The van der Waals surface area contributed by atoms with Crippen molar-refractivity contribution in [3.05, 3.63) is 59.9 Å². The summed E-state index contributed by atoms with van der Waals surface area (Å²) >= 11 is 0. The van der Waals surface area contributed by atoms with Crippen molar-refractivity contribution in [1.29, 1.82) is 0 Å². The van der Waals surface area contributed by atoms with Gasteiger partial charge in [0.05, 0.1) is 5.69 Å². The van der Waals surface area contributed by atoms with Gasteiger partial charge in [-0.2, -0.15) is 0 Å². The maximum absolute atomic E-state index is 13.5. The lowest BCUT2D eigenvalue weighted by Crippen LogP contribution is -2.31. The standard InChI is InChI=1S/C15H13FN2O3/c1-18(10-6-3-2-4-7-10)15(21)17-12-9-5-8-11(16)13(12)14(19)20/h2-9H,1H3,(H,17,21)(H,19,20). The first-order valence-corrected chi connectivity index (χ1v) is 6.12. The van der Waals surface area contributed by atoms with Gasteiger partial charge < -0.3 is 10.4 Å². The van der Waals surface area contributed by atoms with Crippen LogP contribution in [0.2, 0.25) is 0 Å². The molecule has 0 saturated heterocycles.